The molecule has 0 saturated carbocycles. The molecule has 2 aliphatic heterocycles. The standard InChI is InChI=1S/C21H37NO8.C16H29NO6.ClH/c1-8-9-10-27-16-12-26-11-15(22-20(25)30-21(5,6)7)19(24)28-14(4)17(16)29-18(23)13(2)3;1-5-6-7-21-13-9-20-8-12(17)16(19)22-11(4)14(13)23-15(18)10(2)3;/h13-17H,8-12H2,1-7H3,(H,22,25);10-14H,5-9,17H2,1-4H3;1H/t14-,15-,16-,17-;11-,12-,13-,14-;/m00./s1. The minimum atomic E-state index is -1.06. The molecule has 2 fully saturated rings. The van der Waals surface area contributed by atoms with Crippen molar-refractivity contribution in [3.8, 4) is 0 Å². The first-order chi connectivity index (χ1) is 24.8. The van der Waals surface area contributed by atoms with E-state index in [1.807, 2.05) is 6.92 Å². The number of unbranched alkanes of at least 4 members (excludes halogenated alkanes) is 2. The van der Waals surface area contributed by atoms with Gasteiger partial charge in [-0.3, -0.25) is 9.59 Å². The van der Waals surface area contributed by atoms with E-state index in [2.05, 4.69) is 18.0 Å². The minimum absolute atomic E-state index is 0. The smallest absolute Gasteiger partial charge is 0.408 e. The lowest BCUT2D eigenvalue weighted by molar-refractivity contribution is -0.415. The number of hydrogen-bond acceptors (Lipinski definition) is 14. The van der Waals surface area contributed by atoms with Crippen LogP contribution in [-0.4, -0.2) is 124 Å². The van der Waals surface area contributed by atoms with Gasteiger partial charge < -0.3 is 66.1 Å². The highest BCUT2D eigenvalue weighted by Crippen LogP contribution is 2.20. The number of alkyl carbamates (subject to hydrolysis) is 1. The van der Waals surface area contributed by atoms with Crippen LogP contribution in [0.3, 0.4) is 0 Å². The highest BCUT2D eigenvalue weighted by molar-refractivity contribution is 5.82. The van der Waals surface area contributed by atoms with Crippen LogP contribution in [0.15, 0.2) is 0 Å². The van der Waals surface area contributed by atoms with Crippen LogP contribution in [0.1, 0.15) is 102 Å². The zero-order chi connectivity index (χ0) is 40.3. The molecule has 16 nitrogen and oxygen atoms in total. The maximum atomic E-state index is 12.6. The summed E-state index contributed by atoms with van der Waals surface area (Å²) in [7, 11) is 0. The summed E-state index contributed by atoms with van der Waals surface area (Å²) in [6, 6.07) is -1.66. The van der Waals surface area contributed by atoms with Crippen molar-refractivity contribution < 1.29 is 84.7 Å². The first-order valence-electron chi connectivity index (χ1n) is 18.8. The Morgan fingerprint density at radius 3 is 1.59 bits per heavy atom. The molecule has 0 aromatic carbocycles. The van der Waals surface area contributed by atoms with Crippen LogP contribution in [0.4, 0.5) is 4.79 Å². The molecular formula is C37H67ClN2O14. The van der Waals surface area contributed by atoms with E-state index in [1.165, 1.54) is 0 Å². The van der Waals surface area contributed by atoms with Crippen molar-refractivity contribution >= 4 is 30.0 Å². The number of esters is 4. The summed E-state index contributed by atoms with van der Waals surface area (Å²) >= 11 is 0. The van der Waals surface area contributed by atoms with Gasteiger partial charge in [-0.1, -0.05) is 54.4 Å². The third kappa shape index (κ3) is 19.7. The summed E-state index contributed by atoms with van der Waals surface area (Å²) in [5.41, 5.74) is 3.01. The van der Waals surface area contributed by atoms with Crippen molar-refractivity contribution in [2.75, 3.05) is 39.6 Å². The van der Waals surface area contributed by atoms with E-state index in [0.29, 0.717) is 13.2 Å². The molecule has 0 radical (unpaired) electrons. The number of carbonyl (C=O) groups is 5. The van der Waals surface area contributed by atoms with Crippen LogP contribution in [0.5, 0.6) is 0 Å². The van der Waals surface area contributed by atoms with E-state index in [9.17, 15) is 24.0 Å². The summed E-state index contributed by atoms with van der Waals surface area (Å²) in [6.07, 6.45) is -1.12. The number of rotatable bonds is 13. The summed E-state index contributed by atoms with van der Waals surface area (Å²) < 4.78 is 50.1. The van der Waals surface area contributed by atoms with Gasteiger partial charge in [0.05, 0.1) is 31.7 Å². The van der Waals surface area contributed by atoms with Crippen molar-refractivity contribution in [3.63, 3.8) is 0 Å². The molecule has 0 bridgehead atoms. The van der Waals surface area contributed by atoms with Gasteiger partial charge in [-0.05, 0) is 47.5 Å². The Hall–Kier alpha value is -2.76. The lowest BCUT2D eigenvalue weighted by Crippen LogP contribution is -3.00. The number of nitrogens with one attached hydrogen (secondary N) is 1. The van der Waals surface area contributed by atoms with Gasteiger partial charge in [-0.25, -0.2) is 14.4 Å². The first-order valence-corrected chi connectivity index (χ1v) is 18.8. The van der Waals surface area contributed by atoms with Crippen LogP contribution in [0, 0.1) is 11.8 Å². The van der Waals surface area contributed by atoms with E-state index < -0.39 is 78.3 Å². The number of amides is 1. The van der Waals surface area contributed by atoms with Crippen molar-refractivity contribution in [2.45, 2.75) is 156 Å². The molecule has 2 saturated heterocycles. The van der Waals surface area contributed by atoms with Gasteiger partial charge in [-0.2, -0.15) is 0 Å². The maximum absolute atomic E-state index is 12.6. The number of cyclic esters (lactones) is 2. The highest BCUT2D eigenvalue weighted by Gasteiger charge is 2.39. The molecule has 8 atom stereocenters. The van der Waals surface area contributed by atoms with Gasteiger partial charge in [0.25, 0.3) is 0 Å². The van der Waals surface area contributed by atoms with Crippen LogP contribution >= 0.6 is 0 Å². The SMILES string of the molecule is CCCCO[C@H]1COC[C@H](NC(=O)OC(C)(C)C)C(=O)O[C@@H](C)[C@@H]1OC(=O)C(C)C.CCCCO[C@H]1COC[C@H]([NH3+])C(=O)O[C@@H](C)[C@@H]1OC(=O)C(C)C.[Cl-]. The molecule has 17 heteroatoms. The summed E-state index contributed by atoms with van der Waals surface area (Å²) in [5, 5.41) is 2.47. The lowest BCUT2D eigenvalue weighted by Gasteiger charge is -2.30. The molecule has 0 spiro atoms. The zero-order valence-corrected chi connectivity index (χ0v) is 34.9. The van der Waals surface area contributed by atoms with Crippen LogP contribution in [-0.2, 0) is 61.8 Å². The zero-order valence-electron chi connectivity index (χ0n) is 34.1. The number of quaternary nitrogens is 1. The lowest BCUT2D eigenvalue weighted by atomic mass is 10.1. The Bertz CT molecular complexity index is 1130. The third-order valence-electron chi connectivity index (χ3n) is 7.85. The van der Waals surface area contributed by atoms with E-state index in [4.69, 9.17) is 42.6 Å². The number of ether oxygens (including phenoxy) is 9. The molecule has 2 rings (SSSR count). The van der Waals surface area contributed by atoms with Gasteiger partial charge in [0.1, 0.15) is 36.6 Å². The van der Waals surface area contributed by atoms with Gasteiger partial charge >= 0.3 is 30.0 Å². The van der Waals surface area contributed by atoms with Gasteiger partial charge in [-0.15, -0.1) is 0 Å². The van der Waals surface area contributed by atoms with E-state index in [-0.39, 0.29) is 56.6 Å². The van der Waals surface area contributed by atoms with Crippen LogP contribution in [0.2, 0.25) is 0 Å². The fourth-order valence-electron chi connectivity index (χ4n) is 4.72. The Morgan fingerprint density at radius 1 is 0.759 bits per heavy atom. The second-order valence-corrected chi connectivity index (χ2v) is 14.9. The Morgan fingerprint density at radius 2 is 1.19 bits per heavy atom. The number of halogens is 1. The molecule has 54 heavy (non-hydrogen) atoms. The average molecular weight is 799 g/mol. The predicted octanol–water partition coefficient (Wildman–Crippen LogP) is -0.0894. The first kappa shape index (κ1) is 51.2. The van der Waals surface area contributed by atoms with Crippen molar-refractivity contribution in [1.29, 1.82) is 0 Å². The topological polar surface area (TPSA) is 208 Å². The highest BCUT2D eigenvalue weighted by atomic mass is 35.5. The largest absolute Gasteiger partial charge is 1.00 e. The van der Waals surface area contributed by atoms with Crippen LogP contribution < -0.4 is 23.5 Å². The summed E-state index contributed by atoms with van der Waals surface area (Å²) in [4.78, 5) is 60.8. The van der Waals surface area contributed by atoms with Gasteiger partial charge in [0, 0.05) is 13.2 Å². The van der Waals surface area contributed by atoms with Gasteiger partial charge in [0.15, 0.2) is 18.2 Å². The van der Waals surface area contributed by atoms with Crippen molar-refractivity contribution in [3.05, 3.63) is 0 Å². The molecule has 0 unspecified atom stereocenters. The molecule has 1 amide bonds. The van der Waals surface area contributed by atoms with Crippen molar-refractivity contribution in [1.82, 2.24) is 5.32 Å². The van der Waals surface area contributed by atoms with E-state index >= 15 is 0 Å². The molecule has 0 aliphatic carbocycles. The molecule has 0 aromatic rings. The van der Waals surface area contributed by atoms with Gasteiger partial charge in [0.2, 0.25) is 6.04 Å². The predicted molar refractivity (Wildman–Crippen MR) is 191 cm³/mol. The fraction of sp³-hybridized carbons (Fsp3) is 0.865. The number of carbonyl (C=O) groups excluding carboxylic acids is 5. The molecular weight excluding hydrogens is 732 g/mol. The molecule has 2 aliphatic rings. The Kier molecular flexibility index (Phi) is 24.8. The molecule has 4 N–H and O–H groups in total. The molecule has 2 heterocycles. The van der Waals surface area contributed by atoms with Crippen LogP contribution in [0.25, 0.3) is 0 Å². The Balaban J connectivity index is 0.00000106. The molecule has 316 valence electrons. The Labute approximate surface area is 327 Å². The minimum Gasteiger partial charge on any atom is -1.00 e. The fourth-order valence-corrected chi connectivity index (χ4v) is 4.72. The second kappa shape index (κ2) is 26.2. The molecule has 0 aromatic heterocycles. The second-order valence-electron chi connectivity index (χ2n) is 14.9. The quantitative estimate of drug-likeness (QED) is 0.142. The summed E-state index contributed by atoms with van der Waals surface area (Å²) in [6.45, 7) is 20.9. The monoisotopic (exact) mass is 798 g/mol. The normalized spacial score (nSPS) is 26.7. The average Bonchev–Trinajstić information content (AvgIpc) is 3.14. The third-order valence-corrected chi connectivity index (χ3v) is 7.85. The van der Waals surface area contributed by atoms with E-state index in [0.717, 1.165) is 25.7 Å². The summed E-state index contributed by atoms with van der Waals surface area (Å²) in [5.74, 6) is -2.56. The van der Waals surface area contributed by atoms with Crippen molar-refractivity contribution in [2.24, 2.45) is 11.8 Å². The van der Waals surface area contributed by atoms with E-state index in [1.54, 1.807) is 62.3 Å². The maximum Gasteiger partial charge on any atom is 0.408 e. The number of hydrogen-bond donors (Lipinski definition) is 2.